The molecule has 3 nitrogen and oxygen atoms in total. The Morgan fingerprint density at radius 3 is 2.73 bits per heavy atom. The second-order valence-electron chi connectivity index (χ2n) is 3.49. The molecular weight excluding hydrogens is 195 g/mol. The minimum atomic E-state index is -0.431. The summed E-state index contributed by atoms with van der Waals surface area (Å²) in [5.74, 6) is -0.391. The average Bonchev–Trinajstić information content (AvgIpc) is 2.71. The first-order chi connectivity index (χ1) is 7.24. The van der Waals surface area contributed by atoms with Gasteiger partial charge in [0.25, 0.3) is 0 Å². The molecule has 0 radical (unpaired) electrons. The normalized spacial score (nSPS) is 19.3. The van der Waals surface area contributed by atoms with Crippen molar-refractivity contribution in [3.05, 3.63) is 24.1 Å². The molecule has 1 unspecified atom stereocenters. The monoisotopic (exact) mass is 212 g/mol. The van der Waals surface area contributed by atoms with Crippen molar-refractivity contribution in [1.82, 2.24) is 10.3 Å². The van der Waals surface area contributed by atoms with Crippen LogP contribution in [0.15, 0.2) is 18.3 Å². The molecule has 2 rings (SSSR count). The van der Waals surface area contributed by atoms with E-state index < -0.39 is 5.82 Å². The van der Waals surface area contributed by atoms with Crippen LogP contribution in [0.5, 0.6) is 5.88 Å². The first kappa shape index (κ1) is 11.9. The number of nitrogens with zero attached hydrogens (tertiary/aromatic N) is 1. The second-order valence-corrected chi connectivity index (χ2v) is 3.49. The molecule has 2 heterocycles. The zero-order valence-electron chi connectivity index (χ0n) is 9.16. The highest BCUT2D eigenvalue weighted by Gasteiger charge is 2.05. The van der Waals surface area contributed by atoms with Crippen LogP contribution in [0, 0.1) is 5.82 Å². The maximum Gasteiger partial charge on any atom is 0.250 e. The number of hydrogen-bond donors (Lipinski definition) is 1. The molecule has 0 aromatic carbocycles. The van der Waals surface area contributed by atoms with Gasteiger partial charge in [0.1, 0.15) is 0 Å². The standard InChI is InChI=1S/C6H6FNO.C5H11N/c1-9-6-5(7)3-2-4-8-6;1-5-3-2-4-6-5/h2-4H,1H3;5-6H,2-4H2,1H3. The zero-order chi connectivity index (χ0) is 11.1. The lowest BCUT2D eigenvalue weighted by Crippen LogP contribution is -2.16. The van der Waals surface area contributed by atoms with Crippen LogP contribution in [-0.4, -0.2) is 24.7 Å². The summed E-state index contributed by atoms with van der Waals surface area (Å²) < 4.78 is 17.0. The molecule has 1 aliphatic heterocycles. The zero-order valence-corrected chi connectivity index (χ0v) is 9.16. The molecule has 1 atom stereocenters. The summed E-state index contributed by atoms with van der Waals surface area (Å²) in [4.78, 5) is 3.60. The van der Waals surface area contributed by atoms with Crippen molar-refractivity contribution in [1.29, 1.82) is 0 Å². The summed E-state index contributed by atoms with van der Waals surface area (Å²) in [6.07, 6.45) is 4.23. The van der Waals surface area contributed by atoms with Gasteiger partial charge in [-0.25, -0.2) is 9.37 Å². The highest BCUT2D eigenvalue weighted by atomic mass is 19.1. The fourth-order valence-corrected chi connectivity index (χ4v) is 1.38. The molecule has 1 saturated heterocycles. The van der Waals surface area contributed by atoms with Crippen molar-refractivity contribution in [3.63, 3.8) is 0 Å². The molecular formula is C11H17FN2O. The average molecular weight is 212 g/mol. The van der Waals surface area contributed by atoms with Crippen molar-refractivity contribution in [2.24, 2.45) is 0 Å². The van der Waals surface area contributed by atoms with Gasteiger partial charge in [0.2, 0.25) is 5.88 Å². The molecule has 0 bridgehead atoms. The molecule has 1 aromatic heterocycles. The van der Waals surface area contributed by atoms with Gasteiger partial charge < -0.3 is 10.1 Å². The van der Waals surface area contributed by atoms with Crippen LogP contribution in [-0.2, 0) is 0 Å². The van der Waals surface area contributed by atoms with Gasteiger partial charge in [-0.3, -0.25) is 0 Å². The van der Waals surface area contributed by atoms with Gasteiger partial charge in [-0.05, 0) is 38.4 Å². The number of pyridine rings is 1. The molecule has 1 fully saturated rings. The van der Waals surface area contributed by atoms with Crippen LogP contribution in [0.1, 0.15) is 19.8 Å². The minimum absolute atomic E-state index is 0.0394. The molecule has 0 saturated carbocycles. The molecule has 1 aromatic rings. The van der Waals surface area contributed by atoms with Gasteiger partial charge in [-0.1, -0.05) is 0 Å². The van der Waals surface area contributed by atoms with E-state index in [0.717, 1.165) is 6.04 Å². The molecule has 0 spiro atoms. The van der Waals surface area contributed by atoms with Crippen LogP contribution in [0.25, 0.3) is 0 Å². The third-order valence-electron chi connectivity index (χ3n) is 2.22. The molecule has 1 aliphatic rings. The van der Waals surface area contributed by atoms with Crippen molar-refractivity contribution >= 4 is 0 Å². The summed E-state index contributed by atoms with van der Waals surface area (Å²) >= 11 is 0. The maximum atomic E-state index is 12.4. The highest BCUT2D eigenvalue weighted by molar-refractivity contribution is 5.12. The number of aromatic nitrogens is 1. The quantitative estimate of drug-likeness (QED) is 0.773. The third-order valence-corrected chi connectivity index (χ3v) is 2.22. The van der Waals surface area contributed by atoms with Gasteiger partial charge in [0.15, 0.2) is 5.82 Å². The van der Waals surface area contributed by atoms with Crippen LogP contribution >= 0.6 is 0 Å². The first-order valence-corrected chi connectivity index (χ1v) is 5.12. The topological polar surface area (TPSA) is 34.1 Å². The molecule has 1 N–H and O–H groups in total. The van der Waals surface area contributed by atoms with E-state index in [9.17, 15) is 4.39 Å². The molecule has 0 aliphatic carbocycles. The molecule has 4 heteroatoms. The summed E-state index contributed by atoms with van der Waals surface area (Å²) in [6.45, 7) is 3.47. The van der Waals surface area contributed by atoms with E-state index in [-0.39, 0.29) is 5.88 Å². The van der Waals surface area contributed by atoms with E-state index in [0.29, 0.717) is 0 Å². The van der Waals surface area contributed by atoms with Gasteiger partial charge in [0.05, 0.1) is 7.11 Å². The van der Waals surface area contributed by atoms with Gasteiger partial charge in [-0.15, -0.1) is 0 Å². The minimum Gasteiger partial charge on any atom is -0.479 e. The molecule has 84 valence electrons. The van der Waals surface area contributed by atoms with Gasteiger partial charge in [-0.2, -0.15) is 0 Å². The summed E-state index contributed by atoms with van der Waals surface area (Å²) in [7, 11) is 1.38. The van der Waals surface area contributed by atoms with Crippen molar-refractivity contribution in [2.45, 2.75) is 25.8 Å². The summed E-state index contributed by atoms with van der Waals surface area (Å²) in [6, 6.07) is 3.61. The van der Waals surface area contributed by atoms with E-state index in [4.69, 9.17) is 0 Å². The summed E-state index contributed by atoms with van der Waals surface area (Å²) in [5.41, 5.74) is 0. The Morgan fingerprint density at radius 1 is 1.60 bits per heavy atom. The summed E-state index contributed by atoms with van der Waals surface area (Å²) in [5, 5.41) is 3.32. The largest absolute Gasteiger partial charge is 0.479 e. The number of rotatable bonds is 1. The molecule has 15 heavy (non-hydrogen) atoms. The van der Waals surface area contributed by atoms with E-state index in [2.05, 4.69) is 22.0 Å². The van der Waals surface area contributed by atoms with E-state index in [1.165, 1.54) is 44.8 Å². The fraction of sp³-hybridized carbons (Fsp3) is 0.545. The Hall–Kier alpha value is -1.16. The number of halogens is 1. The Bertz CT molecular complexity index is 288. The van der Waals surface area contributed by atoms with Crippen molar-refractivity contribution in [3.8, 4) is 5.88 Å². The Labute approximate surface area is 89.7 Å². The van der Waals surface area contributed by atoms with E-state index in [1.54, 1.807) is 0 Å². The third kappa shape index (κ3) is 4.25. The smallest absolute Gasteiger partial charge is 0.250 e. The number of nitrogens with one attached hydrogen (secondary N) is 1. The number of methoxy groups -OCH3 is 1. The molecule has 0 amide bonds. The first-order valence-electron chi connectivity index (χ1n) is 5.12. The Morgan fingerprint density at radius 2 is 2.40 bits per heavy atom. The SMILES string of the molecule is CC1CCCN1.COc1ncccc1F. The Kier molecular flexibility index (Phi) is 5.04. The highest BCUT2D eigenvalue weighted by Crippen LogP contribution is 2.09. The van der Waals surface area contributed by atoms with Crippen LogP contribution in [0.3, 0.4) is 0 Å². The Balaban J connectivity index is 0.000000162. The van der Waals surface area contributed by atoms with E-state index in [1.807, 2.05) is 0 Å². The maximum absolute atomic E-state index is 12.4. The number of hydrogen-bond acceptors (Lipinski definition) is 3. The van der Waals surface area contributed by atoms with Crippen LogP contribution in [0.4, 0.5) is 4.39 Å². The predicted octanol–water partition coefficient (Wildman–Crippen LogP) is 1.99. The van der Waals surface area contributed by atoms with Gasteiger partial charge >= 0.3 is 0 Å². The van der Waals surface area contributed by atoms with E-state index >= 15 is 0 Å². The lowest BCUT2D eigenvalue weighted by molar-refractivity contribution is 0.369. The lowest BCUT2D eigenvalue weighted by Gasteiger charge is -1.95. The van der Waals surface area contributed by atoms with Crippen LogP contribution in [0.2, 0.25) is 0 Å². The van der Waals surface area contributed by atoms with Gasteiger partial charge in [0, 0.05) is 12.2 Å². The van der Waals surface area contributed by atoms with Crippen molar-refractivity contribution in [2.75, 3.05) is 13.7 Å². The predicted molar refractivity (Wildman–Crippen MR) is 57.4 cm³/mol. The van der Waals surface area contributed by atoms with Crippen LogP contribution < -0.4 is 10.1 Å². The second kappa shape index (κ2) is 6.35. The lowest BCUT2D eigenvalue weighted by atomic mass is 10.3. The fourth-order valence-electron chi connectivity index (χ4n) is 1.38. The van der Waals surface area contributed by atoms with Crippen molar-refractivity contribution < 1.29 is 9.13 Å². The number of ether oxygens (including phenoxy) is 1.